The van der Waals surface area contributed by atoms with Gasteiger partial charge in [-0.3, -0.25) is 4.79 Å². The van der Waals surface area contributed by atoms with E-state index >= 15 is 0 Å². The molecule has 0 saturated carbocycles. The third kappa shape index (κ3) is 4.59. The summed E-state index contributed by atoms with van der Waals surface area (Å²) in [5.74, 6) is -0.794. The molecule has 0 aliphatic carbocycles. The van der Waals surface area contributed by atoms with Crippen molar-refractivity contribution in [2.45, 2.75) is 22.6 Å². The molecule has 1 saturated heterocycles. The van der Waals surface area contributed by atoms with E-state index in [1.807, 2.05) is 35.1 Å². The highest BCUT2D eigenvalue weighted by Gasteiger charge is 2.28. The average molecular weight is 471 g/mol. The highest BCUT2D eigenvalue weighted by atomic mass is 32.2. The van der Waals surface area contributed by atoms with E-state index in [9.17, 15) is 21.6 Å². The van der Waals surface area contributed by atoms with Crippen LogP contribution in [0.2, 0.25) is 0 Å². The molecule has 166 valence electrons. The summed E-state index contributed by atoms with van der Waals surface area (Å²) in [4.78, 5) is 12.2. The van der Waals surface area contributed by atoms with Gasteiger partial charge in [0.05, 0.1) is 9.79 Å². The standard InChI is InChI=1S/C23H22N2O5S2/c26-23(20-13-11-19(12-14-20)18-7-2-1-3-8-18)24-31(27,28)21-9-6-10-22(17-21)32(29,30)25-15-4-5-16-25/h1-3,6-14,17H,4-5,15-16H2,(H,24,26). The Hall–Kier alpha value is -3.01. The molecule has 32 heavy (non-hydrogen) atoms. The molecule has 7 nitrogen and oxygen atoms in total. The van der Waals surface area contributed by atoms with Crippen molar-refractivity contribution in [3.05, 3.63) is 84.4 Å². The molecule has 9 heteroatoms. The van der Waals surface area contributed by atoms with Gasteiger partial charge >= 0.3 is 0 Å². The van der Waals surface area contributed by atoms with E-state index < -0.39 is 26.0 Å². The van der Waals surface area contributed by atoms with E-state index in [1.54, 1.807) is 24.3 Å². The van der Waals surface area contributed by atoms with E-state index in [4.69, 9.17) is 0 Å². The first kappa shape index (κ1) is 22.2. The molecule has 0 aromatic heterocycles. The van der Waals surface area contributed by atoms with Crippen LogP contribution in [-0.2, 0) is 20.0 Å². The van der Waals surface area contributed by atoms with Crippen LogP contribution in [-0.4, -0.2) is 40.1 Å². The molecular formula is C23H22N2O5S2. The number of amides is 1. The smallest absolute Gasteiger partial charge is 0.264 e. The Bertz CT molecular complexity index is 1330. The first-order valence-corrected chi connectivity index (χ1v) is 13.0. The predicted molar refractivity (Wildman–Crippen MR) is 121 cm³/mol. The lowest BCUT2D eigenvalue weighted by atomic mass is 10.0. The van der Waals surface area contributed by atoms with Gasteiger partial charge in [-0.2, -0.15) is 4.31 Å². The van der Waals surface area contributed by atoms with Gasteiger partial charge in [-0.25, -0.2) is 21.6 Å². The molecule has 1 aliphatic heterocycles. The van der Waals surface area contributed by atoms with Crippen molar-refractivity contribution >= 4 is 26.0 Å². The first-order chi connectivity index (χ1) is 15.3. The molecule has 1 amide bonds. The van der Waals surface area contributed by atoms with Gasteiger partial charge in [0.25, 0.3) is 15.9 Å². The SMILES string of the molecule is O=C(NS(=O)(=O)c1cccc(S(=O)(=O)N2CCCC2)c1)c1ccc(-c2ccccc2)cc1. The molecule has 1 heterocycles. The van der Waals surface area contributed by atoms with Crippen LogP contribution in [0.1, 0.15) is 23.2 Å². The topological polar surface area (TPSA) is 101 Å². The van der Waals surface area contributed by atoms with E-state index in [-0.39, 0.29) is 15.4 Å². The van der Waals surface area contributed by atoms with Gasteiger partial charge in [0, 0.05) is 18.7 Å². The lowest BCUT2D eigenvalue weighted by Crippen LogP contribution is -2.31. The molecule has 0 unspecified atom stereocenters. The summed E-state index contributed by atoms with van der Waals surface area (Å²) in [5, 5.41) is 0. The van der Waals surface area contributed by atoms with E-state index in [0.717, 1.165) is 30.0 Å². The van der Waals surface area contributed by atoms with Gasteiger partial charge in [-0.05, 0) is 54.3 Å². The van der Waals surface area contributed by atoms with Crippen LogP contribution in [0.25, 0.3) is 11.1 Å². The Morgan fingerprint density at radius 3 is 1.97 bits per heavy atom. The molecule has 0 atom stereocenters. The van der Waals surface area contributed by atoms with Gasteiger partial charge in [0.1, 0.15) is 0 Å². The number of rotatable bonds is 6. The maximum atomic E-state index is 12.8. The zero-order chi connectivity index (χ0) is 22.8. The van der Waals surface area contributed by atoms with Crippen molar-refractivity contribution in [2.75, 3.05) is 13.1 Å². The second-order valence-electron chi connectivity index (χ2n) is 7.46. The second kappa shape index (κ2) is 8.85. The molecule has 1 aliphatic rings. The van der Waals surface area contributed by atoms with Gasteiger partial charge in [0.15, 0.2) is 0 Å². The van der Waals surface area contributed by atoms with Crippen molar-refractivity contribution in [3.63, 3.8) is 0 Å². The van der Waals surface area contributed by atoms with Crippen LogP contribution in [0.3, 0.4) is 0 Å². The van der Waals surface area contributed by atoms with Crippen molar-refractivity contribution < 1.29 is 21.6 Å². The molecule has 3 aromatic carbocycles. The van der Waals surface area contributed by atoms with E-state index in [0.29, 0.717) is 13.1 Å². The van der Waals surface area contributed by atoms with E-state index in [2.05, 4.69) is 0 Å². The Balaban J connectivity index is 1.54. The summed E-state index contributed by atoms with van der Waals surface area (Å²) in [6, 6.07) is 21.2. The van der Waals surface area contributed by atoms with Crippen LogP contribution in [0.5, 0.6) is 0 Å². The molecule has 0 radical (unpaired) electrons. The van der Waals surface area contributed by atoms with Crippen LogP contribution >= 0.6 is 0 Å². The molecule has 0 bridgehead atoms. The Morgan fingerprint density at radius 2 is 1.31 bits per heavy atom. The first-order valence-electron chi connectivity index (χ1n) is 10.1. The molecule has 1 fully saturated rings. The minimum atomic E-state index is -4.26. The highest BCUT2D eigenvalue weighted by molar-refractivity contribution is 7.90. The molecule has 4 rings (SSSR count). The van der Waals surface area contributed by atoms with Crippen molar-refractivity contribution in [1.29, 1.82) is 0 Å². The molecule has 3 aromatic rings. The molecule has 1 N–H and O–H groups in total. The summed E-state index contributed by atoms with van der Waals surface area (Å²) in [6.45, 7) is 0.823. The monoisotopic (exact) mass is 470 g/mol. The number of nitrogens with one attached hydrogen (secondary N) is 1. The number of carbonyl (C=O) groups excluding carboxylic acids is 1. The van der Waals surface area contributed by atoms with Gasteiger partial charge in [-0.15, -0.1) is 0 Å². The van der Waals surface area contributed by atoms with Crippen molar-refractivity contribution in [3.8, 4) is 11.1 Å². The van der Waals surface area contributed by atoms with E-state index in [1.165, 1.54) is 22.5 Å². The van der Waals surface area contributed by atoms with Gasteiger partial charge in [-0.1, -0.05) is 48.5 Å². The Morgan fingerprint density at radius 1 is 0.719 bits per heavy atom. The largest absolute Gasteiger partial charge is 0.268 e. The van der Waals surface area contributed by atoms with Crippen LogP contribution in [0.4, 0.5) is 0 Å². The van der Waals surface area contributed by atoms with Crippen LogP contribution in [0, 0.1) is 0 Å². The quantitative estimate of drug-likeness (QED) is 0.596. The Labute approximate surface area is 187 Å². The van der Waals surface area contributed by atoms with Crippen LogP contribution in [0.15, 0.2) is 88.7 Å². The lowest BCUT2D eigenvalue weighted by Gasteiger charge is -2.16. The lowest BCUT2D eigenvalue weighted by molar-refractivity contribution is 0.0981. The van der Waals surface area contributed by atoms with Crippen molar-refractivity contribution in [2.24, 2.45) is 0 Å². The summed E-state index contributed by atoms with van der Waals surface area (Å²) < 4.78 is 54.4. The van der Waals surface area contributed by atoms with Crippen molar-refractivity contribution in [1.82, 2.24) is 9.03 Å². The zero-order valence-corrected chi connectivity index (χ0v) is 18.8. The minimum absolute atomic E-state index is 0.109. The maximum Gasteiger partial charge on any atom is 0.264 e. The number of hydrogen-bond donors (Lipinski definition) is 1. The summed E-state index contributed by atoms with van der Waals surface area (Å²) >= 11 is 0. The van der Waals surface area contributed by atoms with Crippen LogP contribution < -0.4 is 4.72 Å². The summed E-state index contributed by atoms with van der Waals surface area (Å²) in [6.07, 6.45) is 1.55. The molecule has 0 spiro atoms. The third-order valence-electron chi connectivity index (χ3n) is 5.30. The van der Waals surface area contributed by atoms with Gasteiger partial charge in [0.2, 0.25) is 10.0 Å². The fraction of sp³-hybridized carbons (Fsp3) is 0.174. The maximum absolute atomic E-state index is 12.8. The number of nitrogens with zero attached hydrogens (tertiary/aromatic N) is 1. The normalized spacial score (nSPS) is 14.9. The average Bonchev–Trinajstić information content (AvgIpc) is 3.36. The summed E-state index contributed by atoms with van der Waals surface area (Å²) in [5.41, 5.74) is 2.04. The zero-order valence-electron chi connectivity index (χ0n) is 17.1. The minimum Gasteiger partial charge on any atom is -0.268 e. The predicted octanol–water partition coefficient (Wildman–Crippen LogP) is 3.26. The number of hydrogen-bond acceptors (Lipinski definition) is 5. The third-order valence-corrected chi connectivity index (χ3v) is 8.52. The van der Waals surface area contributed by atoms with Gasteiger partial charge < -0.3 is 0 Å². The summed E-state index contributed by atoms with van der Waals surface area (Å²) in [7, 11) is -8.04. The fourth-order valence-corrected chi connectivity index (χ4v) is 6.22. The number of sulfonamides is 2. The second-order valence-corrected chi connectivity index (χ2v) is 11.1. The number of carbonyl (C=O) groups is 1. The fourth-order valence-electron chi connectivity index (χ4n) is 3.56. The molecular weight excluding hydrogens is 448 g/mol. The Kier molecular flexibility index (Phi) is 6.14. The highest BCUT2D eigenvalue weighted by Crippen LogP contribution is 2.23. The number of benzene rings is 3.